The minimum absolute atomic E-state index is 0.0909. The topological polar surface area (TPSA) is 55.1 Å². The number of carbonyl (C=O) groups excluding carboxylic acids is 1. The molecule has 0 rings (SSSR count). The molecule has 0 fully saturated rings. The van der Waals surface area contributed by atoms with Crippen molar-refractivity contribution >= 4 is 5.91 Å². The fraction of sp³-hybridized carbons (Fsp3) is 0.875. The summed E-state index contributed by atoms with van der Waals surface area (Å²) in [5, 5.41) is 2.81. The summed E-state index contributed by atoms with van der Waals surface area (Å²) in [6.07, 6.45) is 0.932. The van der Waals surface area contributed by atoms with Crippen molar-refractivity contribution in [1.82, 2.24) is 5.32 Å². The van der Waals surface area contributed by atoms with Crippen LogP contribution in [0.1, 0.15) is 34.1 Å². The average Bonchev–Trinajstić information content (AvgIpc) is 1.85. The van der Waals surface area contributed by atoms with E-state index in [0.717, 1.165) is 6.42 Å². The van der Waals surface area contributed by atoms with Crippen LogP contribution >= 0.6 is 0 Å². The van der Waals surface area contributed by atoms with E-state index in [1.54, 1.807) is 13.8 Å². The molecule has 0 radical (unpaired) electrons. The van der Waals surface area contributed by atoms with E-state index in [1.165, 1.54) is 0 Å². The molecule has 0 saturated heterocycles. The van der Waals surface area contributed by atoms with Gasteiger partial charge in [0.15, 0.2) is 0 Å². The second-order valence-electron chi connectivity index (χ2n) is 3.50. The van der Waals surface area contributed by atoms with Gasteiger partial charge in [-0.1, -0.05) is 6.92 Å². The molecule has 0 aliphatic heterocycles. The lowest BCUT2D eigenvalue weighted by Gasteiger charge is -2.20. The summed E-state index contributed by atoms with van der Waals surface area (Å²) in [5.41, 5.74) is 4.81. The predicted octanol–water partition coefficient (Wildman–Crippen LogP) is 0.638. The molecular weight excluding hydrogens is 140 g/mol. The highest BCUT2D eigenvalue weighted by Gasteiger charge is 2.22. The molecule has 66 valence electrons. The van der Waals surface area contributed by atoms with Crippen molar-refractivity contribution in [2.75, 3.05) is 0 Å². The monoisotopic (exact) mass is 158 g/mol. The zero-order valence-corrected chi connectivity index (χ0v) is 7.77. The second-order valence-corrected chi connectivity index (χ2v) is 3.50. The molecule has 0 aliphatic carbocycles. The van der Waals surface area contributed by atoms with Crippen LogP contribution in [0, 0.1) is 0 Å². The van der Waals surface area contributed by atoms with Crippen LogP contribution in [0.5, 0.6) is 0 Å². The Hall–Kier alpha value is -0.570. The smallest absolute Gasteiger partial charge is 0.239 e. The first-order chi connectivity index (χ1) is 4.88. The molecule has 0 aromatic rings. The SMILES string of the molecule is CC[C@@H](C)NC(=O)C(C)(C)N. The predicted molar refractivity (Wildman–Crippen MR) is 46.2 cm³/mol. The molecule has 0 bridgehead atoms. The van der Waals surface area contributed by atoms with Crippen molar-refractivity contribution < 1.29 is 4.79 Å². The molecule has 3 N–H and O–H groups in total. The van der Waals surface area contributed by atoms with Crippen molar-refractivity contribution in [3.8, 4) is 0 Å². The van der Waals surface area contributed by atoms with E-state index >= 15 is 0 Å². The second kappa shape index (κ2) is 3.72. The Balaban J connectivity index is 3.88. The summed E-state index contributed by atoms with van der Waals surface area (Å²) in [6, 6.07) is 0.213. The van der Waals surface area contributed by atoms with Gasteiger partial charge in [-0.05, 0) is 27.2 Å². The van der Waals surface area contributed by atoms with Gasteiger partial charge in [-0.25, -0.2) is 0 Å². The van der Waals surface area contributed by atoms with Crippen LogP contribution in [0.4, 0.5) is 0 Å². The van der Waals surface area contributed by atoms with E-state index < -0.39 is 5.54 Å². The van der Waals surface area contributed by atoms with Crippen LogP contribution in [0.2, 0.25) is 0 Å². The highest BCUT2D eigenvalue weighted by atomic mass is 16.2. The van der Waals surface area contributed by atoms with E-state index in [2.05, 4.69) is 5.32 Å². The lowest BCUT2D eigenvalue weighted by Crippen LogP contribution is -2.51. The molecular formula is C8H18N2O. The number of hydrogen-bond acceptors (Lipinski definition) is 2. The van der Waals surface area contributed by atoms with Crippen LogP contribution in [0.15, 0.2) is 0 Å². The molecule has 0 aromatic carbocycles. The third-order valence-electron chi connectivity index (χ3n) is 1.58. The fourth-order valence-electron chi connectivity index (χ4n) is 0.512. The minimum atomic E-state index is -0.760. The average molecular weight is 158 g/mol. The van der Waals surface area contributed by atoms with Crippen LogP contribution in [0.25, 0.3) is 0 Å². The summed E-state index contributed by atoms with van der Waals surface area (Å²) >= 11 is 0. The van der Waals surface area contributed by atoms with Gasteiger partial charge >= 0.3 is 0 Å². The Kier molecular flexibility index (Phi) is 3.52. The molecule has 0 unspecified atom stereocenters. The van der Waals surface area contributed by atoms with Crippen LogP contribution < -0.4 is 11.1 Å². The Morgan fingerprint density at radius 1 is 1.64 bits per heavy atom. The third kappa shape index (κ3) is 3.98. The molecule has 0 aromatic heterocycles. The Labute approximate surface area is 68.3 Å². The quantitative estimate of drug-likeness (QED) is 0.633. The number of nitrogens with two attached hydrogens (primary N) is 1. The Morgan fingerprint density at radius 2 is 2.09 bits per heavy atom. The van der Waals surface area contributed by atoms with E-state index in [0.29, 0.717) is 0 Å². The van der Waals surface area contributed by atoms with Gasteiger partial charge in [0.25, 0.3) is 0 Å². The van der Waals surface area contributed by atoms with E-state index in [1.807, 2.05) is 13.8 Å². The molecule has 3 heteroatoms. The molecule has 1 amide bonds. The van der Waals surface area contributed by atoms with Crippen molar-refractivity contribution in [2.45, 2.75) is 45.7 Å². The van der Waals surface area contributed by atoms with Crippen molar-refractivity contribution in [1.29, 1.82) is 0 Å². The standard InChI is InChI=1S/C8H18N2O/c1-5-6(2)10-7(11)8(3,4)9/h6H,5,9H2,1-4H3,(H,10,11)/t6-/m1/s1. The maximum atomic E-state index is 11.2. The van der Waals surface area contributed by atoms with Crippen LogP contribution in [0.3, 0.4) is 0 Å². The molecule has 0 spiro atoms. The Bertz CT molecular complexity index is 138. The van der Waals surface area contributed by atoms with E-state index in [-0.39, 0.29) is 11.9 Å². The summed E-state index contributed by atoms with van der Waals surface area (Å²) in [6.45, 7) is 7.38. The summed E-state index contributed by atoms with van der Waals surface area (Å²) in [7, 11) is 0. The zero-order chi connectivity index (χ0) is 9.07. The molecule has 0 saturated carbocycles. The fourth-order valence-corrected chi connectivity index (χ4v) is 0.512. The van der Waals surface area contributed by atoms with Gasteiger partial charge in [0.1, 0.15) is 0 Å². The number of rotatable bonds is 3. The first kappa shape index (κ1) is 10.4. The van der Waals surface area contributed by atoms with Gasteiger partial charge in [0.2, 0.25) is 5.91 Å². The van der Waals surface area contributed by atoms with Gasteiger partial charge in [-0.15, -0.1) is 0 Å². The van der Waals surface area contributed by atoms with E-state index in [4.69, 9.17) is 5.73 Å². The third-order valence-corrected chi connectivity index (χ3v) is 1.58. The number of carbonyl (C=O) groups is 1. The molecule has 11 heavy (non-hydrogen) atoms. The highest BCUT2D eigenvalue weighted by Crippen LogP contribution is 1.98. The highest BCUT2D eigenvalue weighted by molar-refractivity contribution is 5.85. The van der Waals surface area contributed by atoms with Gasteiger partial charge in [0.05, 0.1) is 5.54 Å². The summed E-state index contributed by atoms with van der Waals surface area (Å²) in [5.74, 6) is -0.0909. The normalized spacial score (nSPS) is 14.3. The van der Waals surface area contributed by atoms with Crippen molar-refractivity contribution in [3.63, 3.8) is 0 Å². The van der Waals surface area contributed by atoms with Crippen molar-refractivity contribution in [2.24, 2.45) is 5.73 Å². The molecule has 3 nitrogen and oxygen atoms in total. The lowest BCUT2D eigenvalue weighted by molar-refractivity contribution is -0.125. The van der Waals surface area contributed by atoms with Crippen LogP contribution in [-0.2, 0) is 4.79 Å². The van der Waals surface area contributed by atoms with Gasteiger partial charge in [-0.3, -0.25) is 4.79 Å². The van der Waals surface area contributed by atoms with Gasteiger partial charge in [-0.2, -0.15) is 0 Å². The van der Waals surface area contributed by atoms with Gasteiger partial charge in [0, 0.05) is 6.04 Å². The number of nitrogens with one attached hydrogen (secondary N) is 1. The first-order valence-electron chi connectivity index (χ1n) is 3.97. The Morgan fingerprint density at radius 3 is 2.36 bits per heavy atom. The van der Waals surface area contributed by atoms with Crippen molar-refractivity contribution in [3.05, 3.63) is 0 Å². The first-order valence-corrected chi connectivity index (χ1v) is 3.97. The van der Waals surface area contributed by atoms with Crippen LogP contribution in [-0.4, -0.2) is 17.5 Å². The molecule has 1 atom stereocenters. The summed E-state index contributed by atoms with van der Waals surface area (Å²) < 4.78 is 0. The minimum Gasteiger partial charge on any atom is -0.352 e. The molecule has 0 heterocycles. The van der Waals surface area contributed by atoms with Gasteiger partial charge < -0.3 is 11.1 Å². The maximum Gasteiger partial charge on any atom is 0.239 e. The number of hydrogen-bond donors (Lipinski definition) is 2. The maximum absolute atomic E-state index is 11.2. The lowest BCUT2D eigenvalue weighted by atomic mass is 10.1. The summed E-state index contributed by atoms with van der Waals surface area (Å²) in [4.78, 5) is 11.2. The number of amides is 1. The largest absolute Gasteiger partial charge is 0.352 e. The zero-order valence-electron chi connectivity index (χ0n) is 7.77. The molecule has 0 aliphatic rings. The van der Waals surface area contributed by atoms with E-state index in [9.17, 15) is 4.79 Å².